The number of benzene rings is 2. The standard InChI is InChI=1S/C30H35Cl2F3N4O6S/c1-6-46(43,44)23-10-9-18(31)12-17(23)14-39-26(40)20-13-22(30(33,34)35)21(24(32)25(20)36-27(39)41)16-38-11-7-8-19(15-38)37(5)28(42)45-29(2,3)4/h9-10,12-13,19H,6-8,11,14-16H2,1-5H3,(H,36,41)/t19-/m1/s1. The highest BCUT2D eigenvalue weighted by Crippen LogP contribution is 2.39. The molecule has 1 fully saturated rings. The zero-order valence-corrected chi connectivity index (χ0v) is 28.3. The lowest BCUT2D eigenvalue weighted by atomic mass is 10.00. The number of carbonyl (C=O) groups excluding carboxylic acids is 1. The Labute approximate surface area is 273 Å². The first-order valence-corrected chi connectivity index (χ1v) is 16.9. The second kappa shape index (κ2) is 13.2. The maximum absolute atomic E-state index is 14.5. The number of halogens is 5. The molecule has 0 saturated carbocycles. The van der Waals surface area contributed by atoms with Gasteiger partial charge < -0.3 is 14.6 Å². The summed E-state index contributed by atoms with van der Waals surface area (Å²) < 4.78 is 74.9. The average molecular weight is 708 g/mol. The molecule has 0 spiro atoms. The van der Waals surface area contributed by atoms with Crippen LogP contribution in [0.3, 0.4) is 0 Å². The molecule has 2 aromatic carbocycles. The lowest BCUT2D eigenvalue weighted by molar-refractivity contribution is -0.138. The molecule has 1 amide bonds. The van der Waals surface area contributed by atoms with Crippen molar-refractivity contribution in [1.29, 1.82) is 0 Å². The first kappa shape index (κ1) is 35.8. The number of likely N-dealkylation sites (tertiary alicyclic amines) is 1. The molecule has 0 bridgehead atoms. The van der Waals surface area contributed by atoms with Gasteiger partial charge in [0.2, 0.25) is 0 Å². The van der Waals surface area contributed by atoms with Crippen molar-refractivity contribution in [2.75, 3.05) is 25.9 Å². The molecule has 1 aliphatic heterocycles. The normalized spacial score (nSPS) is 16.5. The first-order valence-electron chi connectivity index (χ1n) is 14.5. The lowest BCUT2D eigenvalue weighted by Gasteiger charge is -2.38. The molecule has 1 atom stereocenters. The molecule has 252 valence electrons. The van der Waals surface area contributed by atoms with E-state index in [0.717, 1.165) is 0 Å². The highest BCUT2D eigenvalue weighted by Gasteiger charge is 2.37. The van der Waals surface area contributed by atoms with Crippen LogP contribution in [0.2, 0.25) is 10.0 Å². The van der Waals surface area contributed by atoms with Crippen molar-refractivity contribution in [2.24, 2.45) is 0 Å². The van der Waals surface area contributed by atoms with E-state index in [-0.39, 0.29) is 51.4 Å². The predicted octanol–water partition coefficient (Wildman–Crippen LogP) is 5.69. The number of piperidine rings is 1. The first-order chi connectivity index (χ1) is 21.2. The van der Waals surface area contributed by atoms with Crippen molar-refractivity contribution in [3.8, 4) is 0 Å². The highest BCUT2D eigenvalue weighted by molar-refractivity contribution is 7.91. The second-order valence-electron chi connectivity index (χ2n) is 12.2. The molecule has 1 aromatic heterocycles. The SMILES string of the molecule is CCS(=O)(=O)c1ccc(Cl)cc1Cn1c(=O)[nH]c2c(Cl)c(CN3CCC[C@@H](N(C)C(=O)OC(C)(C)C)C3)c(C(F)(F)F)cc2c1=O. The van der Waals surface area contributed by atoms with Gasteiger partial charge in [-0.15, -0.1) is 0 Å². The summed E-state index contributed by atoms with van der Waals surface area (Å²) in [5.74, 6) is -0.271. The van der Waals surface area contributed by atoms with Gasteiger partial charge in [0, 0.05) is 31.2 Å². The van der Waals surface area contributed by atoms with Crippen molar-refractivity contribution >= 4 is 50.0 Å². The third-order valence-corrected chi connectivity index (χ3v) is 10.3. The van der Waals surface area contributed by atoms with E-state index >= 15 is 0 Å². The van der Waals surface area contributed by atoms with Crippen LogP contribution in [-0.4, -0.2) is 71.4 Å². The van der Waals surface area contributed by atoms with Crippen molar-refractivity contribution in [2.45, 2.75) is 76.3 Å². The number of nitrogens with one attached hydrogen (secondary N) is 1. The van der Waals surface area contributed by atoms with Crippen LogP contribution in [0.4, 0.5) is 18.0 Å². The van der Waals surface area contributed by atoms with Gasteiger partial charge >= 0.3 is 18.0 Å². The highest BCUT2D eigenvalue weighted by atomic mass is 35.5. The van der Waals surface area contributed by atoms with Gasteiger partial charge in [-0.2, -0.15) is 13.2 Å². The zero-order valence-electron chi connectivity index (χ0n) is 25.9. The molecule has 3 aromatic rings. The van der Waals surface area contributed by atoms with E-state index in [0.29, 0.717) is 30.0 Å². The Balaban J connectivity index is 1.76. The van der Waals surface area contributed by atoms with Crippen molar-refractivity contribution in [1.82, 2.24) is 19.4 Å². The number of nitrogens with zero attached hydrogens (tertiary/aromatic N) is 3. The number of ether oxygens (including phenoxy) is 1. The van der Waals surface area contributed by atoms with E-state index in [1.807, 2.05) is 0 Å². The number of likely N-dealkylation sites (N-methyl/N-ethyl adjacent to an activating group) is 1. The van der Waals surface area contributed by atoms with Crippen molar-refractivity contribution in [3.63, 3.8) is 0 Å². The Hall–Kier alpha value is -3.07. The van der Waals surface area contributed by atoms with E-state index in [4.69, 9.17) is 27.9 Å². The minimum Gasteiger partial charge on any atom is -0.444 e. The van der Waals surface area contributed by atoms with E-state index in [1.165, 1.54) is 30.0 Å². The number of hydrogen-bond acceptors (Lipinski definition) is 7. The molecule has 1 saturated heterocycles. The third kappa shape index (κ3) is 7.72. The summed E-state index contributed by atoms with van der Waals surface area (Å²) in [6.45, 7) is 6.44. The predicted molar refractivity (Wildman–Crippen MR) is 169 cm³/mol. The fourth-order valence-corrected chi connectivity index (χ4v) is 7.06. The molecule has 1 N–H and O–H groups in total. The van der Waals surface area contributed by atoms with E-state index < -0.39 is 61.5 Å². The van der Waals surface area contributed by atoms with Gasteiger partial charge in [0.1, 0.15) is 5.60 Å². The smallest absolute Gasteiger partial charge is 0.416 e. The summed E-state index contributed by atoms with van der Waals surface area (Å²) in [6.07, 6.45) is -4.26. The fraction of sp³-hybridized carbons (Fsp3) is 0.500. The number of sulfone groups is 1. The molecule has 16 heteroatoms. The molecule has 0 radical (unpaired) electrons. The number of carbonyl (C=O) groups is 1. The number of alkyl halides is 3. The Bertz CT molecular complexity index is 1890. The van der Waals surface area contributed by atoms with Crippen molar-refractivity contribution in [3.05, 3.63) is 71.8 Å². The maximum Gasteiger partial charge on any atom is 0.416 e. The fourth-order valence-electron chi connectivity index (χ4n) is 5.44. The van der Waals surface area contributed by atoms with Crippen LogP contribution >= 0.6 is 23.2 Å². The number of aromatic nitrogens is 2. The van der Waals surface area contributed by atoms with Crippen molar-refractivity contribution < 1.29 is 31.1 Å². The maximum atomic E-state index is 14.5. The van der Waals surface area contributed by atoms with Crippen LogP contribution in [0.15, 0.2) is 38.8 Å². The van der Waals surface area contributed by atoms with Crippen LogP contribution in [-0.2, 0) is 33.8 Å². The van der Waals surface area contributed by atoms with Crippen LogP contribution in [0.25, 0.3) is 10.9 Å². The van der Waals surface area contributed by atoms with Gasteiger partial charge in [-0.05, 0) is 75.5 Å². The zero-order chi connectivity index (χ0) is 34.4. The summed E-state index contributed by atoms with van der Waals surface area (Å²) in [5.41, 5.74) is -4.55. The molecule has 46 heavy (non-hydrogen) atoms. The number of aromatic amines is 1. The minimum atomic E-state index is -4.92. The number of amides is 1. The number of H-pyrrole nitrogens is 1. The molecule has 0 unspecified atom stereocenters. The summed E-state index contributed by atoms with van der Waals surface area (Å²) in [6, 6.07) is 4.19. The third-order valence-electron chi connectivity index (χ3n) is 7.78. The minimum absolute atomic E-state index is 0.0241. The number of hydrogen-bond donors (Lipinski definition) is 1. The topological polar surface area (TPSA) is 122 Å². The van der Waals surface area contributed by atoms with Gasteiger partial charge in [-0.1, -0.05) is 30.1 Å². The summed E-state index contributed by atoms with van der Waals surface area (Å²) in [7, 11) is -2.22. The molecule has 4 rings (SSSR count). The molecular formula is C30H35Cl2F3N4O6S. The van der Waals surface area contributed by atoms with E-state index in [1.54, 1.807) is 32.7 Å². The summed E-state index contributed by atoms with van der Waals surface area (Å²) in [4.78, 5) is 44.8. The van der Waals surface area contributed by atoms with Crippen LogP contribution < -0.4 is 11.2 Å². The Kier molecular flexibility index (Phi) is 10.3. The average Bonchev–Trinajstić information content (AvgIpc) is 2.95. The molecule has 1 aliphatic rings. The van der Waals surface area contributed by atoms with E-state index in [9.17, 15) is 36.0 Å². The van der Waals surface area contributed by atoms with Gasteiger partial charge in [-0.3, -0.25) is 14.3 Å². The van der Waals surface area contributed by atoms with Gasteiger partial charge in [0.25, 0.3) is 5.56 Å². The van der Waals surface area contributed by atoms with Crippen LogP contribution in [0.5, 0.6) is 0 Å². The Morgan fingerprint density at radius 3 is 2.41 bits per heavy atom. The molecular weight excluding hydrogens is 672 g/mol. The van der Waals surface area contributed by atoms with Gasteiger partial charge in [-0.25, -0.2) is 18.0 Å². The Morgan fingerprint density at radius 2 is 1.80 bits per heavy atom. The lowest BCUT2D eigenvalue weighted by Crippen LogP contribution is -2.49. The molecule has 10 nitrogen and oxygen atoms in total. The summed E-state index contributed by atoms with van der Waals surface area (Å²) in [5, 5.41) is -0.797. The van der Waals surface area contributed by atoms with Gasteiger partial charge in [0.15, 0.2) is 9.84 Å². The number of fused-ring (bicyclic) bond motifs is 1. The molecule has 0 aliphatic carbocycles. The van der Waals surface area contributed by atoms with Crippen LogP contribution in [0, 0.1) is 0 Å². The monoisotopic (exact) mass is 706 g/mol. The molecule has 2 heterocycles. The Morgan fingerprint density at radius 1 is 1.13 bits per heavy atom. The largest absolute Gasteiger partial charge is 0.444 e. The second-order valence-corrected chi connectivity index (χ2v) is 15.3. The van der Waals surface area contributed by atoms with Gasteiger partial charge in [0.05, 0.1) is 38.7 Å². The number of rotatable bonds is 7. The summed E-state index contributed by atoms with van der Waals surface area (Å²) >= 11 is 12.6. The van der Waals surface area contributed by atoms with E-state index in [2.05, 4.69) is 4.98 Å². The quantitative estimate of drug-likeness (QED) is 0.335. The van der Waals surface area contributed by atoms with Crippen LogP contribution in [0.1, 0.15) is 57.2 Å².